The minimum Gasteiger partial charge on any atom is -1.00 e. The number of fused-ring (bicyclic) bond motifs is 5. The molecule has 7 heteroatoms. The molecule has 1 aromatic rings. The van der Waals surface area contributed by atoms with E-state index in [2.05, 4.69) is 4.18 Å². The average molecular weight is 380 g/mol. The predicted molar refractivity (Wildman–Crippen MR) is 90.4 cm³/mol. The third-order valence-electron chi connectivity index (χ3n) is 6.32. The van der Waals surface area contributed by atoms with Crippen molar-refractivity contribution in [2.75, 3.05) is 0 Å². The van der Waals surface area contributed by atoms with Gasteiger partial charge in [0.2, 0.25) is 0 Å². The quantitative estimate of drug-likeness (QED) is 0.566. The fourth-order valence-corrected chi connectivity index (χ4v) is 5.39. The monoisotopic (exact) mass is 380 g/mol. The molecule has 1 aromatic carbocycles. The van der Waals surface area contributed by atoms with Crippen LogP contribution >= 0.6 is 0 Å². The van der Waals surface area contributed by atoms with Crippen LogP contribution in [0.2, 0.25) is 0 Å². The van der Waals surface area contributed by atoms with E-state index in [-0.39, 0.29) is 60.8 Å². The van der Waals surface area contributed by atoms with Gasteiger partial charge in [-0.3, -0.25) is 4.55 Å². The molecule has 0 aromatic heterocycles. The summed E-state index contributed by atoms with van der Waals surface area (Å²) >= 11 is 0. The van der Waals surface area contributed by atoms with Gasteiger partial charge in [0.05, 0.1) is 8.85 Å². The molecule has 25 heavy (non-hydrogen) atoms. The average Bonchev–Trinajstić information content (AvgIpc) is 2.77. The van der Waals surface area contributed by atoms with Crippen LogP contribution in [-0.4, -0.2) is 24.2 Å². The molecular formula is C18H25NaO5S. The van der Waals surface area contributed by atoms with Gasteiger partial charge < -0.3 is 10.7 Å². The van der Waals surface area contributed by atoms with Gasteiger partial charge in [0.25, 0.3) is 0 Å². The zero-order chi connectivity index (χ0) is 20.6. The van der Waals surface area contributed by atoms with Crippen molar-refractivity contribution in [3.8, 4) is 5.75 Å². The molecule has 3 aliphatic rings. The van der Waals surface area contributed by atoms with Gasteiger partial charge in [-0.25, -0.2) is 0 Å². The second kappa shape index (κ2) is 6.80. The first-order chi connectivity index (χ1) is 12.8. The SMILES string of the molecule is [2H]c1cc2c(c([2H])c1OS(=O)(=O)O)CC[C@@H]1[C@@H]2CC[C@@]2(C)[C@H]1CC([2H])([2H])[C@@H]2O.[H-].[Na+]. The summed E-state index contributed by atoms with van der Waals surface area (Å²) < 4.78 is 68.3. The summed E-state index contributed by atoms with van der Waals surface area (Å²) in [5.41, 5.74) is 0.961. The Kier molecular flexibility index (Phi) is 4.05. The summed E-state index contributed by atoms with van der Waals surface area (Å²) in [7, 11) is -4.82. The Morgan fingerprint density at radius 1 is 1.44 bits per heavy atom. The molecule has 5 atom stereocenters. The second-order valence-corrected chi connectivity index (χ2v) is 8.48. The summed E-state index contributed by atoms with van der Waals surface area (Å²) in [6, 6.07) is 1.07. The van der Waals surface area contributed by atoms with E-state index < -0.39 is 34.0 Å². The van der Waals surface area contributed by atoms with Crippen LogP contribution in [-0.2, 0) is 16.8 Å². The normalized spacial score (nSPS) is 40.9. The summed E-state index contributed by atoms with van der Waals surface area (Å²) in [6.45, 7) is 1.97. The summed E-state index contributed by atoms with van der Waals surface area (Å²) in [5.74, 6) is -0.268. The van der Waals surface area contributed by atoms with E-state index in [1.54, 1.807) is 0 Å². The fourth-order valence-electron chi connectivity index (χ4n) is 5.09. The molecule has 3 aliphatic carbocycles. The van der Waals surface area contributed by atoms with Gasteiger partial charge in [0, 0.05) is 2.74 Å². The molecule has 0 amide bonds. The van der Waals surface area contributed by atoms with Crippen molar-refractivity contribution >= 4 is 10.4 Å². The molecule has 2 saturated carbocycles. The number of rotatable bonds is 2. The second-order valence-electron chi connectivity index (χ2n) is 7.46. The van der Waals surface area contributed by atoms with Crippen LogP contribution in [0, 0.1) is 17.3 Å². The molecule has 0 spiro atoms. The van der Waals surface area contributed by atoms with Crippen molar-refractivity contribution in [1.29, 1.82) is 0 Å². The smallest absolute Gasteiger partial charge is 1.00 e. The van der Waals surface area contributed by atoms with Crippen molar-refractivity contribution in [2.24, 2.45) is 17.3 Å². The number of aliphatic hydroxyl groups is 1. The Hall–Kier alpha value is -0.110. The number of hydrogen-bond acceptors (Lipinski definition) is 4. The maximum absolute atomic E-state index is 11.1. The molecular weight excluding hydrogens is 351 g/mol. The first kappa shape index (κ1) is 14.9. The zero-order valence-corrected chi connectivity index (χ0v) is 17.3. The predicted octanol–water partition coefficient (Wildman–Crippen LogP) is 0.202. The Morgan fingerprint density at radius 3 is 2.92 bits per heavy atom. The minimum atomic E-state index is -4.82. The van der Waals surface area contributed by atoms with E-state index in [4.69, 9.17) is 10.0 Å². The van der Waals surface area contributed by atoms with E-state index >= 15 is 0 Å². The van der Waals surface area contributed by atoms with Gasteiger partial charge >= 0.3 is 40.0 Å². The standard InChI is InChI=1S/C18H24O5S.Na.H/c1-18-9-8-14-13-5-3-12(23-24(20,21)22)10-11(13)2-4-15(14)16(18)6-7-17(18)19;;/h3,5,10,14-17,19H,2,4,6-9H2,1H3,(H,20,21,22);;/q;+1;-1/t14-,15-,16+,17+,18+;;/m1../s1/i3D,7D2,10D;;. The summed E-state index contributed by atoms with van der Waals surface area (Å²) in [6.07, 6.45) is 0.239. The molecule has 0 aliphatic heterocycles. The Morgan fingerprint density at radius 2 is 2.20 bits per heavy atom. The maximum atomic E-state index is 11.1. The van der Waals surface area contributed by atoms with Crippen molar-refractivity contribution in [1.82, 2.24) is 0 Å². The molecule has 2 fully saturated rings. The summed E-state index contributed by atoms with van der Waals surface area (Å²) in [4.78, 5) is 0. The van der Waals surface area contributed by atoms with Crippen LogP contribution in [0.3, 0.4) is 0 Å². The molecule has 5 nitrogen and oxygen atoms in total. The third-order valence-corrected chi connectivity index (χ3v) is 6.70. The van der Waals surface area contributed by atoms with Crippen molar-refractivity contribution in [3.63, 3.8) is 0 Å². The summed E-state index contributed by atoms with van der Waals surface area (Å²) in [5, 5.41) is 10.6. The van der Waals surface area contributed by atoms with Crippen LogP contribution < -0.4 is 33.7 Å². The van der Waals surface area contributed by atoms with E-state index in [1.807, 2.05) is 6.92 Å². The third kappa shape index (κ3) is 3.42. The largest absolute Gasteiger partial charge is 1.00 e. The maximum Gasteiger partial charge on any atom is 1.00 e. The van der Waals surface area contributed by atoms with E-state index in [0.29, 0.717) is 31.2 Å². The Bertz CT molecular complexity index is 943. The molecule has 0 bridgehead atoms. The minimum absolute atomic E-state index is 0. The van der Waals surface area contributed by atoms with Crippen molar-refractivity contribution in [2.45, 2.75) is 57.4 Å². The van der Waals surface area contributed by atoms with E-state index in [0.717, 1.165) is 12.0 Å². The van der Waals surface area contributed by atoms with Gasteiger partial charge in [0.15, 0.2) is 0 Å². The number of aliphatic hydroxyl groups excluding tert-OH is 1. The van der Waals surface area contributed by atoms with Gasteiger partial charge in [0.1, 0.15) is 5.75 Å². The first-order valence-electron chi connectivity index (χ1n) is 10.3. The fraction of sp³-hybridized carbons (Fsp3) is 0.667. The molecule has 4 rings (SSSR count). The molecule has 134 valence electrons. The molecule has 0 unspecified atom stereocenters. The molecule has 0 saturated heterocycles. The number of hydrogen-bond donors (Lipinski definition) is 2. The number of benzene rings is 1. The van der Waals surface area contributed by atoms with Gasteiger partial charge in [-0.05, 0) is 84.9 Å². The van der Waals surface area contributed by atoms with Crippen LogP contribution in [0.5, 0.6) is 5.75 Å². The van der Waals surface area contributed by atoms with Crippen molar-refractivity contribution < 1.29 is 58.7 Å². The van der Waals surface area contributed by atoms with Gasteiger partial charge in [-0.1, -0.05) is 13.0 Å². The van der Waals surface area contributed by atoms with Crippen molar-refractivity contribution in [3.05, 3.63) is 29.3 Å². The van der Waals surface area contributed by atoms with Crippen LogP contribution in [0.15, 0.2) is 18.2 Å². The van der Waals surface area contributed by atoms with Crippen LogP contribution in [0.25, 0.3) is 0 Å². The van der Waals surface area contributed by atoms with E-state index in [9.17, 15) is 13.5 Å². The molecule has 0 heterocycles. The van der Waals surface area contributed by atoms with Gasteiger partial charge in [-0.2, -0.15) is 8.42 Å². The Balaban J connectivity index is 0.00000160. The zero-order valence-electron chi connectivity index (χ0n) is 19.4. The van der Waals surface area contributed by atoms with E-state index in [1.165, 1.54) is 6.07 Å². The topological polar surface area (TPSA) is 83.8 Å². The van der Waals surface area contributed by atoms with Crippen LogP contribution in [0.4, 0.5) is 0 Å². The first-order valence-corrected chi connectivity index (χ1v) is 9.69. The van der Waals surface area contributed by atoms with Gasteiger partial charge in [-0.15, -0.1) is 0 Å². The van der Waals surface area contributed by atoms with Crippen LogP contribution in [0.1, 0.15) is 62.9 Å². The molecule has 2 N–H and O–H groups in total. The Labute approximate surface area is 178 Å². The molecule has 0 radical (unpaired) electrons.